The molecule has 0 fully saturated rings. The van der Waals surface area contributed by atoms with E-state index in [9.17, 15) is 4.79 Å². The molecular weight excluding hydrogens is 266 g/mol. The number of amides is 1. The Kier molecular flexibility index (Phi) is 4.81. The lowest BCUT2D eigenvalue weighted by molar-refractivity contribution is 0.0963. The van der Waals surface area contributed by atoms with E-state index in [0.29, 0.717) is 11.3 Å². The van der Waals surface area contributed by atoms with Crippen LogP contribution in [0.3, 0.4) is 0 Å². The molecule has 6 nitrogen and oxygen atoms in total. The van der Waals surface area contributed by atoms with Gasteiger partial charge < -0.3 is 16.4 Å². The molecule has 1 amide bonds. The first-order valence-electron chi connectivity index (χ1n) is 6.96. The number of hydrogen-bond donors (Lipinski definition) is 4. The Bertz CT molecular complexity index is 620. The highest BCUT2D eigenvalue weighted by atomic mass is 16.1. The number of carbonyl (C=O) groups excluding carboxylic acids is 1. The van der Waals surface area contributed by atoms with Crippen LogP contribution in [0.2, 0.25) is 0 Å². The van der Waals surface area contributed by atoms with E-state index in [1.807, 2.05) is 13.1 Å². The number of hydrogen-bond acceptors (Lipinski definition) is 4. The van der Waals surface area contributed by atoms with Crippen molar-refractivity contribution in [3.63, 3.8) is 0 Å². The number of aromatic nitrogens is 2. The Morgan fingerprint density at radius 2 is 2.24 bits per heavy atom. The third kappa shape index (κ3) is 3.75. The van der Waals surface area contributed by atoms with E-state index in [1.54, 1.807) is 25.2 Å². The lowest BCUT2D eigenvalue weighted by Gasteiger charge is -2.11. The summed E-state index contributed by atoms with van der Waals surface area (Å²) in [6.45, 7) is 2.80. The highest BCUT2D eigenvalue weighted by Crippen LogP contribution is 2.20. The summed E-state index contributed by atoms with van der Waals surface area (Å²) in [5.41, 5.74) is 10.3. The molecule has 2 aromatic rings. The number of nitrogens with two attached hydrogens (primary N) is 1. The molecule has 6 heteroatoms. The van der Waals surface area contributed by atoms with Crippen LogP contribution in [0.4, 0.5) is 11.4 Å². The van der Waals surface area contributed by atoms with E-state index in [-0.39, 0.29) is 5.91 Å². The van der Waals surface area contributed by atoms with Crippen molar-refractivity contribution in [1.29, 1.82) is 0 Å². The number of aromatic amines is 1. The highest BCUT2D eigenvalue weighted by molar-refractivity contribution is 5.96. The molecule has 0 bridgehead atoms. The minimum absolute atomic E-state index is 0.118. The first kappa shape index (κ1) is 14.9. The molecule has 0 aliphatic carbocycles. The summed E-state index contributed by atoms with van der Waals surface area (Å²) in [7, 11) is 1.61. The number of H-pyrrole nitrogens is 1. The van der Waals surface area contributed by atoms with Crippen LogP contribution in [0.15, 0.2) is 24.4 Å². The molecule has 0 aliphatic heterocycles. The van der Waals surface area contributed by atoms with Crippen LogP contribution >= 0.6 is 0 Å². The van der Waals surface area contributed by atoms with E-state index in [4.69, 9.17) is 5.73 Å². The van der Waals surface area contributed by atoms with Crippen LogP contribution in [-0.2, 0) is 6.42 Å². The summed E-state index contributed by atoms with van der Waals surface area (Å²) < 4.78 is 0. The molecule has 0 saturated carbocycles. The van der Waals surface area contributed by atoms with Crippen molar-refractivity contribution >= 4 is 17.3 Å². The Balaban J connectivity index is 1.90. The van der Waals surface area contributed by atoms with Gasteiger partial charge in [0, 0.05) is 24.8 Å². The van der Waals surface area contributed by atoms with Crippen LogP contribution < -0.4 is 16.4 Å². The second kappa shape index (κ2) is 6.78. The van der Waals surface area contributed by atoms with Gasteiger partial charge in [0.2, 0.25) is 0 Å². The fourth-order valence-electron chi connectivity index (χ4n) is 2.12. The quantitative estimate of drug-likeness (QED) is 0.480. The van der Waals surface area contributed by atoms with Gasteiger partial charge in [-0.2, -0.15) is 5.10 Å². The zero-order valence-electron chi connectivity index (χ0n) is 12.4. The largest absolute Gasteiger partial charge is 0.397 e. The van der Waals surface area contributed by atoms with E-state index < -0.39 is 0 Å². The molecular formula is C15H21N5O. The number of benzene rings is 1. The molecule has 21 heavy (non-hydrogen) atoms. The topological polar surface area (TPSA) is 95.8 Å². The van der Waals surface area contributed by atoms with Gasteiger partial charge in [-0.25, -0.2) is 0 Å². The van der Waals surface area contributed by atoms with Gasteiger partial charge in [0.1, 0.15) is 0 Å². The van der Waals surface area contributed by atoms with E-state index in [0.717, 1.165) is 30.8 Å². The molecule has 0 atom stereocenters. The fourth-order valence-corrected chi connectivity index (χ4v) is 2.12. The summed E-state index contributed by atoms with van der Waals surface area (Å²) in [6, 6.07) is 5.23. The van der Waals surface area contributed by atoms with E-state index in [1.165, 1.54) is 5.56 Å². The lowest BCUT2D eigenvalue weighted by atomic mass is 10.1. The molecule has 2 rings (SSSR count). The number of carbonyl (C=O) groups is 1. The zero-order valence-corrected chi connectivity index (χ0v) is 12.4. The first-order chi connectivity index (χ1) is 10.1. The molecule has 0 unspecified atom stereocenters. The van der Waals surface area contributed by atoms with Crippen LogP contribution in [0.1, 0.15) is 28.0 Å². The van der Waals surface area contributed by atoms with Gasteiger partial charge in [0.05, 0.1) is 17.6 Å². The maximum absolute atomic E-state index is 11.6. The number of anilines is 2. The highest BCUT2D eigenvalue weighted by Gasteiger charge is 2.06. The number of nitrogen functional groups attached to an aromatic ring is 1. The van der Waals surface area contributed by atoms with Gasteiger partial charge in [-0.3, -0.25) is 9.89 Å². The number of nitrogens with one attached hydrogen (secondary N) is 3. The summed E-state index contributed by atoms with van der Waals surface area (Å²) in [5, 5.41) is 12.8. The molecule has 0 spiro atoms. The first-order valence-corrected chi connectivity index (χ1v) is 6.96. The van der Waals surface area contributed by atoms with Crippen molar-refractivity contribution in [2.24, 2.45) is 0 Å². The Labute approximate surface area is 124 Å². The third-order valence-electron chi connectivity index (χ3n) is 3.42. The van der Waals surface area contributed by atoms with Crippen molar-refractivity contribution in [2.75, 3.05) is 24.6 Å². The standard InChI is InChI=1S/C15H21N5O/c1-10-12(9-19-20-10)4-3-7-18-14-8-11(15(21)17-2)5-6-13(14)16/h5-6,8-9,18H,3-4,7,16H2,1-2H3,(H,17,21)(H,19,20). The van der Waals surface area contributed by atoms with Crippen LogP contribution in [0, 0.1) is 6.92 Å². The minimum atomic E-state index is -0.118. The molecule has 1 aromatic carbocycles. The second-order valence-corrected chi connectivity index (χ2v) is 4.93. The van der Waals surface area contributed by atoms with E-state index >= 15 is 0 Å². The Hall–Kier alpha value is -2.50. The van der Waals surface area contributed by atoms with Crippen molar-refractivity contribution < 1.29 is 4.79 Å². The van der Waals surface area contributed by atoms with Crippen molar-refractivity contribution in [3.8, 4) is 0 Å². The average molecular weight is 287 g/mol. The van der Waals surface area contributed by atoms with Crippen LogP contribution in [-0.4, -0.2) is 29.7 Å². The monoisotopic (exact) mass is 287 g/mol. The van der Waals surface area contributed by atoms with Gasteiger partial charge in [-0.1, -0.05) is 0 Å². The SMILES string of the molecule is CNC(=O)c1ccc(N)c(NCCCc2cn[nH]c2C)c1. The van der Waals surface area contributed by atoms with Gasteiger partial charge in [0.25, 0.3) is 5.91 Å². The number of aryl methyl sites for hydroxylation is 2. The van der Waals surface area contributed by atoms with Crippen molar-refractivity contribution in [1.82, 2.24) is 15.5 Å². The summed E-state index contributed by atoms with van der Waals surface area (Å²) in [5.74, 6) is -0.118. The summed E-state index contributed by atoms with van der Waals surface area (Å²) in [6.07, 6.45) is 3.77. The molecule has 1 heterocycles. The number of rotatable bonds is 6. The predicted molar refractivity (Wildman–Crippen MR) is 84.4 cm³/mol. The zero-order chi connectivity index (χ0) is 15.2. The second-order valence-electron chi connectivity index (χ2n) is 4.93. The van der Waals surface area contributed by atoms with Crippen LogP contribution in [0.25, 0.3) is 0 Å². The number of nitrogens with zero attached hydrogens (tertiary/aromatic N) is 1. The molecule has 5 N–H and O–H groups in total. The van der Waals surface area contributed by atoms with Gasteiger partial charge in [0.15, 0.2) is 0 Å². The van der Waals surface area contributed by atoms with Gasteiger partial charge >= 0.3 is 0 Å². The third-order valence-corrected chi connectivity index (χ3v) is 3.42. The summed E-state index contributed by atoms with van der Waals surface area (Å²) in [4.78, 5) is 11.6. The predicted octanol–water partition coefficient (Wildman–Crippen LogP) is 1.70. The van der Waals surface area contributed by atoms with Crippen LogP contribution in [0.5, 0.6) is 0 Å². The smallest absolute Gasteiger partial charge is 0.251 e. The average Bonchev–Trinajstić information content (AvgIpc) is 2.90. The minimum Gasteiger partial charge on any atom is -0.397 e. The lowest BCUT2D eigenvalue weighted by Crippen LogP contribution is -2.18. The molecule has 0 radical (unpaired) electrons. The van der Waals surface area contributed by atoms with Gasteiger partial charge in [-0.05, 0) is 43.5 Å². The van der Waals surface area contributed by atoms with Crippen molar-refractivity contribution in [2.45, 2.75) is 19.8 Å². The summed E-state index contributed by atoms with van der Waals surface area (Å²) >= 11 is 0. The maximum Gasteiger partial charge on any atom is 0.251 e. The Morgan fingerprint density at radius 3 is 2.90 bits per heavy atom. The molecule has 0 saturated heterocycles. The molecule has 112 valence electrons. The van der Waals surface area contributed by atoms with Gasteiger partial charge in [-0.15, -0.1) is 0 Å². The van der Waals surface area contributed by atoms with Crippen molar-refractivity contribution in [3.05, 3.63) is 41.2 Å². The molecule has 0 aliphatic rings. The normalized spacial score (nSPS) is 10.4. The fraction of sp³-hybridized carbons (Fsp3) is 0.333. The van der Waals surface area contributed by atoms with E-state index in [2.05, 4.69) is 20.8 Å². The Morgan fingerprint density at radius 1 is 1.43 bits per heavy atom. The maximum atomic E-state index is 11.6. The molecule has 1 aromatic heterocycles.